The number of benzene rings is 2. The molecule has 5 heteroatoms. The van der Waals surface area contributed by atoms with Crippen molar-refractivity contribution in [3.8, 4) is 0 Å². The minimum Gasteiger partial charge on any atom is -0.333 e. The van der Waals surface area contributed by atoms with Crippen molar-refractivity contribution < 1.29 is 9.18 Å². The summed E-state index contributed by atoms with van der Waals surface area (Å²) in [5, 5.41) is 2.91. The topological polar surface area (TPSA) is 35.6 Å². The maximum atomic E-state index is 13.8. The van der Waals surface area contributed by atoms with Gasteiger partial charge in [-0.05, 0) is 44.6 Å². The van der Waals surface area contributed by atoms with Crippen LogP contribution in [-0.2, 0) is 6.54 Å². The third kappa shape index (κ3) is 2.97. The first-order valence-corrected chi connectivity index (χ1v) is 9.14. The van der Waals surface area contributed by atoms with E-state index in [-0.39, 0.29) is 24.4 Å². The number of carbonyl (C=O) groups is 1. The molecule has 2 aromatic carbocycles. The zero-order valence-corrected chi connectivity index (χ0v) is 15.2. The van der Waals surface area contributed by atoms with Gasteiger partial charge in [0.25, 0.3) is 0 Å². The molecule has 0 saturated carbocycles. The summed E-state index contributed by atoms with van der Waals surface area (Å²) in [6, 6.07) is 12.9. The minimum atomic E-state index is -0.289. The maximum Gasteiger partial charge on any atom is 0.322 e. The molecule has 1 fully saturated rings. The van der Waals surface area contributed by atoms with Crippen molar-refractivity contribution in [2.24, 2.45) is 0 Å². The number of halogens is 1. The average Bonchev–Trinajstić information content (AvgIpc) is 2.94. The number of amides is 2. The number of anilines is 1. The molecule has 2 aliphatic heterocycles. The third-order valence-electron chi connectivity index (χ3n) is 5.56. The second-order valence-electron chi connectivity index (χ2n) is 7.41. The molecule has 2 atom stereocenters. The van der Waals surface area contributed by atoms with Crippen LogP contribution in [0.25, 0.3) is 0 Å². The minimum absolute atomic E-state index is 0.143. The van der Waals surface area contributed by atoms with Gasteiger partial charge in [0.05, 0.1) is 0 Å². The van der Waals surface area contributed by atoms with E-state index in [1.165, 1.54) is 17.2 Å². The second kappa shape index (κ2) is 6.72. The van der Waals surface area contributed by atoms with Gasteiger partial charge in [-0.15, -0.1) is 0 Å². The van der Waals surface area contributed by atoms with Gasteiger partial charge in [-0.2, -0.15) is 0 Å². The van der Waals surface area contributed by atoms with Crippen molar-refractivity contribution in [2.75, 3.05) is 25.0 Å². The molecule has 0 spiro atoms. The number of carbonyl (C=O) groups excluding carboxylic acids is 1. The van der Waals surface area contributed by atoms with Crippen molar-refractivity contribution in [3.05, 3.63) is 65.0 Å². The largest absolute Gasteiger partial charge is 0.333 e. The first kappa shape index (κ1) is 17.0. The van der Waals surface area contributed by atoms with Crippen LogP contribution in [0.1, 0.15) is 29.0 Å². The van der Waals surface area contributed by atoms with Crippen LogP contribution in [0.4, 0.5) is 14.9 Å². The first-order chi connectivity index (χ1) is 12.5. The standard InChI is InChI=1S/C21H24FN3O/c1-14-7-8-19-16(11-14)17-13-24(2)10-9-20(17)25(19)21(26)23-12-15-5-3-4-6-18(15)22/h3-8,11,17,20H,9-10,12-13H2,1-2H3,(H,23,26)/t17-,20+/m0/s1. The second-order valence-corrected chi connectivity index (χ2v) is 7.41. The maximum absolute atomic E-state index is 13.8. The van der Waals surface area contributed by atoms with E-state index in [1.807, 2.05) is 11.0 Å². The Kier molecular flexibility index (Phi) is 4.41. The van der Waals surface area contributed by atoms with Gasteiger partial charge >= 0.3 is 6.03 Å². The van der Waals surface area contributed by atoms with Crippen LogP contribution in [0.2, 0.25) is 0 Å². The highest BCUT2D eigenvalue weighted by Gasteiger charge is 2.43. The Bertz CT molecular complexity index is 838. The van der Waals surface area contributed by atoms with Gasteiger partial charge in [-0.25, -0.2) is 9.18 Å². The molecule has 2 aromatic rings. The molecule has 1 saturated heterocycles. The highest BCUT2D eigenvalue weighted by atomic mass is 19.1. The molecule has 2 aliphatic rings. The molecule has 4 rings (SSSR count). The normalized spacial score (nSPS) is 22.0. The van der Waals surface area contributed by atoms with E-state index in [4.69, 9.17) is 0 Å². The third-order valence-corrected chi connectivity index (χ3v) is 5.56. The lowest BCUT2D eigenvalue weighted by atomic mass is 9.89. The molecule has 2 heterocycles. The van der Waals surface area contributed by atoms with Gasteiger partial charge in [-0.1, -0.05) is 35.9 Å². The van der Waals surface area contributed by atoms with E-state index < -0.39 is 0 Å². The number of likely N-dealkylation sites (N-methyl/N-ethyl adjacent to an activating group) is 1. The molecule has 1 N–H and O–H groups in total. The summed E-state index contributed by atoms with van der Waals surface area (Å²) in [6.45, 7) is 4.21. The molecule has 0 radical (unpaired) electrons. The quantitative estimate of drug-likeness (QED) is 0.894. The Labute approximate surface area is 153 Å². The number of nitrogens with zero attached hydrogens (tertiary/aromatic N) is 2. The number of fused-ring (bicyclic) bond motifs is 3. The van der Waals surface area contributed by atoms with Gasteiger partial charge in [0.15, 0.2) is 0 Å². The van der Waals surface area contributed by atoms with Gasteiger partial charge in [0, 0.05) is 36.3 Å². The number of hydrogen-bond acceptors (Lipinski definition) is 2. The predicted octanol–water partition coefficient (Wildman–Crippen LogP) is 3.65. The fraction of sp³-hybridized carbons (Fsp3) is 0.381. The number of piperidine rings is 1. The zero-order valence-electron chi connectivity index (χ0n) is 15.2. The van der Waals surface area contributed by atoms with Crippen molar-refractivity contribution >= 4 is 11.7 Å². The van der Waals surface area contributed by atoms with Crippen LogP contribution >= 0.6 is 0 Å². The Balaban J connectivity index is 1.59. The van der Waals surface area contributed by atoms with Crippen molar-refractivity contribution in [2.45, 2.75) is 31.8 Å². The monoisotopic (exact) mass is 353 g/mol. The Morgan fingerprint density at radius 2 is 2.08 bits per heavy atom. The lowest BCUT2D eigenvalue weighted by Gasteiger charge is -2.36. The smallest absolute Gasteiger partial charge is 0.322 e. The summed E-state index contributed by atoms with van der Waals surface area (Å²) in [6.07, 6.45) is 0.946. The van der Waals surface area contributed by atoms with Crippen LogP contribution < -0.4 is 10.2 Å². The van der Waals surface area contributed by atoms with Gasteiger partial charge in [0.1, 0.15) is 5.82 Å². The Hall–Kier alpha value is -2.40. The zero-order chi connectivity index (χ0) is 18.3. The van der Waals surface area contributed by atoms with Crippen LogP contribution in [-0.4, -0.2) is 37.1 Å². The van der Waals surface area contributed by atoms with Gasteiger partial charge in [0.2, 0.25) is 0 Å². The highest BCUT2D eigenvalue weighted by Crippen LogP contribution is 2.44. The summed E-state index contributed by atoms with van der Waals surface area (Å²) < 4.78 is 13.8. The molecule has 26 heavy (non-hydrogen) atoms. The summed E-state index contributed by atoms with van der Waals surface area (Å²) >= 11 is 0. The Morgan fingerprint density at radius 3 is 2.88 bits per heavy atom. The molecule has 4 nitrogen and oxygen atoms in total. The molecular weight excluding hydrogens is 329 g/mol. The van der Waals surface area contributed by atoms with Crippen LogP contribution in [0.3, 0.4) is 0 Å². The molecule has 2 amide bonds. The van der Waals surface area contributed by atoms with Crippen molar-refractivity contribution in [1.82, 2.24) is 10.2 Å². The number of nitrogens with one attached hydrogen (secondary N) is 1. The SMILES string of the molecule is Cc1ccc2c(c1)[C@@H]1CN(C)CC[C@H]1N2C(=O)NCc1ccccc1F. The van der Waals surface area contributed by atoms with Crippen LogP contribution in [0.15, 0.2) is 42.5 Å². The van der Waals surface area contributed by atoms with Gasteiger partial charge in [-0.3, -0.25) is 4.90 Å². The number of hydrogen-bond donors (Lipinski definition) is 1. The molecule has 0 unspecified atom stereocenters. The summed E-state index contributed by atoms with van der Waals surface area (Å²) in [5.41, 5.74) is 3.96. The Morgan fingerprint density at radius 1 is 1.27 bits per heavy atom. The van der Waals surface area contributed by atoms with Crippen molar-refractivity contribution in [1.29, 1.82) is 0 Å². The first-order valence-electron chi connectivity index (χ1n) is 9.14. The van der Waals surface area contributed by atoms with E-state index in [9.17, 15) is 9.18 Å². The lowest BCUT2D eigenvalue weighted by molar-refractivity contribution is 0.219. The van der Waals surface area contributed by atoms with E-state index >= 15 is 0 Å². The van der Waals surface area contributed by atoms with Crippen molar-refractivity contribution in [3.63, 3.8) is 0 Å². The highest BCUT2D eigenvalue weighted by molar-refractivity contribution is 5.95. The molecule has 0 aromatic heterocycles. The summed E-state index contributed by atoms with van der Waals surface area (Å²) in [7, 11) is 2.13. The lowest BCUT2D eigenvalue weighted by Crippen LogP contribution is -2.50. The van der Waals surface area contributed by atoms with E-state index in [1.54, 1.807) is 18.2 Å². The fourth-order valence-corrected chi connectivity index (χ4v) is 4.24. The van der Waals surface area contributed by atoms with E-state index in [0.29, 0.717) is 11.5 Å². The molecule has 0 aliphatic carbocycles. The van der Waals surface area contributed by atoms with E-state index in [0.717, 1.165) is 25.2 Å². The number of rotatable bonds is 2. The van der Waals surface area contributed by atoms with Crippen LogP contribution in [0.5, 0.6) is 0 Å². The molecular formula is C21H24FN3O. The fourth-order valence-electron chi connectivity index (χ4n) is 4.24. The van der Waals surface area contributed by atoms with Gasteiger partial charge < -0.3 is 10.2 Å². The molecule has 136 valence electrons. The molecule has 0 bridgehead atoms. The summed E-state index contributed by atoms with van der Waals surface area (Å²) in [4.78, 5) is 17.2. The summed E-state index contributed by atoms with van der Waals surface area (Å²) in [5.74, 6) is 0.0466. The average molecular weight is 353 g/mol. The number of aryl methyl sites for hydroxylation is 1. The number of urea groups is 1. The van der Waals surface area contributed by atoms with E-state index in [2.05, 4.69) is 36.3 Å². The van der Waals surface area contributed by atoms with Crippen LogP contribution in [0, 0.1) is 12.7 Å². The predicted molar refractivity (Wildman–Crippen MR) is 101 cm³/mol. The number of likely N-dealkylation sites (tertiary alicyclic amines) is 1.